The molecule has 2 fully saturated rings. The van der Waals surface area contributed by atoms with E-state index in [-0.39, 0.29) is 17.9 Å². The van der Waals surface area contributed by atoms with Gasteiger partial charge in [-0.3, -0.25) is 14.5 Å². The minimum atomic E-state index is -0.133. The van der Waals surface area contributed by atoms with E-state index >= 15 is 0 Å². The van der Waals surface area contributed by atoms with Gasteiger partial charge in [0.1, 0.15) is 5.75 Å². The lowest BCUT2D eigenvalue weighted by Gasteiger charge is -2.41. The normalized spacial score (nSPS) is 24.7. The van der Waals surface area contributed by atoms with Gasteiger partial charge in [-0.1, -0.05) is 19.9 Å². The minimum Gasteiger partial charge on any atom is -0.497 e. The molecular weight excluding hydrogens is 354 g/mol. The smallest absolute Gasteiger partial charge is 0.254 e. The van der Waals surface area contributed by atoms with E-state index in [1.165, 1.54) is 6.42 Å². The molecule has 3 rings (SSSR count). The molecule has 154 valence electrons. The number of rotatable bonds is 4. The maximum Gasteiger partial charge on any atom is 0.254 e. The highest BCUT2D eigenvalue weighted by molar-refractivity contribution is 5.94. The summed E-state index contributed by atoms with van der Waals surface area (Å²) >= 11 is 0. The third-order valence-electron chi connectivity index (χ3n) is 6.00. The maximum absolute atomic E-state index is 13.0. The summed E-state index contributed by atoms with van der Waals surface area (Å²) in [5.41, 5.74) is 0.646. The third-order valence-corrected chi connectivity index (χ3v) is 6.00. The highest BCUT2D eigenvalue weighted by atomic mass is 16.5. The lowest BCUT2D eigenvalue weighted by molar-refractivity contribution is -0.139. The van der Waals surface area contributed by atoms with Gasteiger partial charge in [0.15, 0.2) is 0 Å². The number of hydrogen-bond acceptors (Lipinski definition) is 4. The van der Waals surface area contributed by atoms with Gasteiger partial charge in [-0.2, -0.15) is 0 Å². The molecule has 2 aliphatic heterocycles. The predicted octanol–water partition coefficient (Wildman–Crippen LogP) is 2.35. The van der Waals surface area contributed by atoms with Crippen LogP contribution in [0.15, 0.2) is 24.3 Å². The zero-order valence-electron chi connectivity index (χ0n) is 17.6. The van der Waals surface area contributed by atoms with Gasteiger partial charge in [-0.25, -0.2) is 0 Å². The van der Waals surface area contributed by atoms with Crippen LogP contribution in [-0.2, 0) is 4.79 Å². The van der Waals surface area contributed by atoms with Crippen molar-refractivity contribution in [2.45, 2.75) is 33.2 Å². The average molecular weight is 388 g/mol. The quantitative estimate of drug-likeness (QED) is 0.796. The van der Waals surface area contributed by atoms with Crippen molar-refractivity contribution in [1.82, 2.24) is 14.7 Å². The molecule has 28 heavy (non-hydrogen) atoms. The number of nitrogens with zero attached hydrogens (tertiary/aromatic N) is 3. The van der Waals surface area contributed by atoms with E-state index in [0.717, 1.165) is 26.2 Å². The molecule has 2 amide bonds. The van der Waals surface area contributed by atoms with Gasteiger partial charge in [-0.05, 0) is 43.4 Å². The topological polar surface area (TPSA) is 53.1 Å². The first-order valence-corrected chi connectivity index (χ1v) is 10.3. The van der Waals surface area contributed by atoms with E-state index in [1.54, 1.807) is 13.2 Å². The lowest BCUT2D eigenvalue weighted by atomic mass is 9.91. The number of amides is 2. The number of likely N-dealkylation sites (tertiary alicyclic amines) is 1. The average Bonchev–Trinajstić information content (AvgIpc) is 2.71. The molecule has 0 saturated carbocycles. The summed E-state index contributed by atoms with van der Waals surface area (Å²) in [7, 11) is 1.60. The van der Waals surface area contributed by atoms with Crippen LogP contribution in [0.25, 0.3) is 0 Å². The molecule has 6 nitrogen and oxygen atoms in total. The van der Waals surface area contributed by atoms with Crippen molar-refractivity contribution in [2.75, 3.05) is 46.4 Å². The van der Waals surface area contributed by atoms with Crippen LogP contribution in [0.5, 0.6) is 5.75 Å². The number of carbonyl (C=O) groups excluding carboxylic acids is 2. The zero-order chi connectivity index (χ0) is 20.3. The Morgan fingerprint density at radius 2 is 1.68 bits per heavy atom. The molecule has 1 aromatic carbocycles. The predicted molar refractivity (Wildman–Crippen MR) is 109 cm³/mol. The van der Waals surface area contributed by atoms with Crippen molar-refractivity contribution in [1.29, 1.82) is 0 Å². The lowest BCUT2D eigenvalue weighted by Crippen LogP contribution is -2.56. The Hall–Kier alpha value is -2.08. The molecule has 0 bridgehead atoms. The second kappa shape index (κ2) is 8.95. The van der Waals surface area contributed by atoms with Crippen molar-refractivity contribution >= 4 is 11.8 Å². The second-order valence-electron chi connectivity index (χ2n) is 8.43. The molecule has 2 aliphatic rings. The molecule has 2 saturated heterocycles. The number of hydrogen-bond donors (Lipinski definition) is 0. The molecule has 2 heterocycles. The van der Waals surface area contributed by atoms with Crippen LogP contribution in [0.3, 0.4) is 0 Å². The summed E-state index contributed by atoms with van der Waals surface area (Å²) in [6, 6.07) is 7.14. The van der Waals surface area contributed by atoms with Crippen molar-refractivity contribution < 1.29 is 14.3 Å². The third kappa shape index (κ3) is 4.66. The highest BCUT2D eigenvalue weighted by Gasteiger charge is 2.33. The summed E-state index contributed by atoms with van der Waals surface area (Å²) in [5.74, 6) is 2.07. The molecular formula is C22H33N3O3. The number of piperidine rings is 1. The highest BCUT2D eigenvalue weighted by Crippen LogP contribution is 2.23. The van der Waals surface area contributed by atoms with Crippen LogP contribution in [0.1, 0.15) is 37.6 Å². The first-order chi connectivity index (χ1) is 13.4. The van der Waals surface area contributed by atoms with Crippen LogP contribution in [0.2, 0.25) is 0 Å². The first-order valence-electron chi connectivity index (χ1n) is 10.3. The molecule has 1 aromatic rings. The van der Waals surface area contributed by atoms with Gasteiger partial charge in [-0.15, -0.1) is 0 Å². The van der Waals surface area contributed by atoms with Crippen LogP contribution in [0.4, 0.5) is 0 Å². The minimum absolute atomic E-state index is 0.0243. The fourth-order valence-corrected chi connectivity index (χ4v) is 4.51. The van der Waals surface area contributed by atoms with Gasteiger partial charge in [0, 0.05) is 44.8 Å². The van der Waals surface area contributed by atoms with Crippen LogP contribution < -0.4 is 4.74 Å². The first kappa shape index (κ1) is 20.6. The molecule has 0 aromatic heterocycles. The van der Waals surface area contributed by atoms with Crippen LogP contribution in [0, 0.1) is 11.8 Å². The summed E-state index contributed by atoms with van der Waals surface area (Å²) in [6.45, 7) is 10.9. The standard InChI is InChI=1S/C22H33N3O3/c1-16-12-17(2)15-25(14-16)21(26)18(3)23-8-10-24(11-9-23)22(27)19-6-5-7-20(13-19)28-4/h5-7,13,16-18H,8-12,14-15H2,1-4H3. The Labute approximate surface area is 168 Å². The van der Waals surface area contributed by atoms with Gasteiger partial charge < -0.3 is 14.5 Å². The molecule has 0 spiro atoms. The molecule has 0 radical (unpaired) electrons. The van der Waals surface area contributed by atoms with E-state index in [4.69, 9.17) is 4.74 Å². The Morgan fingerprint density at radius 1 is 1.04 bits per heavy atom. The number of methoxy groups -OCH3 is 1. The molecule has 3 unspecified atom stereocenters. The monoisotopic (exact) mass is 387 g/mol. The van der Waals surface area contributed by atoms with E-state index in [9.17, 15) is 9.59 Å². The van der Waals surface area contributed by atoms with E-state index in [1.807, 2.05) is 34.9 Å². The number of ether oxygens (including phenoxy) is 1. The zero-order valence-corrected chi connectivity index (χ0v) is 17.6. The summed E-state index contributed by atoms with van der Waals surface area (Å²) in [4.78, 5) is 31.9. The number of benzene rings is 1. The van der Waals surface area contributed by atoms with Gasteiger partial charge in [0.2, 0.25) is 5.91 Å². The second-order valence-corrected chi connectivity index (χ2v) is 8.43. The fraction of sp³-hybridized carbons (Fsp3) is 0.636. The van der Waals surface area contributed by atoms with E-state index in [0.29, 0.717) is 36.2 Å². The Balaban J connectivity index is 1.55. The van der Waals surface area contributed by atoms with Gasteiger partial charge in [0.05, 0.1) is 13.2 Å². The van der Waals surface area contributed by atoms with Gasteiger partial charge in [0.25, 0.3) is 5.91 Å². The summed E-state index contributed by atoms with van der Waals surface area (Å²) < 4.78 is 5.22. The fourth-order valence-electron chi connectivity index (χ4n) is 4.51. The Morgan fingerprint density at radius 3 is 2.29 bits per heavy atom. The van der Waals surface area contributed by atoms with Crippen LogP contribution >= 0.6 is 0 Å². The van der Waals surface area contributed by atoms with Crippen molar-refractivity contribution in [3.8, 4) is 5.75 Å². The van der Waals surface area contributed by atoms with E-state index in [2.05, 4.69) is 18.7 Å². The van der Waals surface area contributed by atoms with Gasteiger partial charge >= 0.3 is 0 Å². The molecule has 0 N–H and O–H groups in total. The molecule has 6 heteroatoms. The van der Waals surface area contributed by atoms with Crippen molar-refractivity contribution in [3.63, 3.8) is 0 Å². The van der Waals surface area contributed by atoms with Crippen LogP contribution in [-0.4, -0.2) is 78.9 Å². The van der Waals surface area contributed by atoms with E-state index < -0.39 is 0 Å². The SMILES string of the molecule is COc1cccc(C(=O)N2CCN(C(C)C(=O)N3CC(C)CC(C)C3)CC2)c1. The van der Waals surface area contributed by atoms with Crippen molar-refractivity contribution in [3.05, 3.63) is 29.8 Å². The number of carbonyl (C=O) groups is 2. The Bertz CT molecular complexity index is 690. The Kier molecular flexibility index (Phi) is 6.60. The largest absolute Gasteiger partial charge is 0.497 e. The number of piperazine rings is 1. The summed E-state index contributed by atoms with van der Waals surface area (Å²) in [6.07, 6.45) is 1.20. The maximum atomic E-state index is 13.0. The van der Waals surface area contributed by atoms with Crippen molar-refractivity contribution in [2.24, 2.45) is 11.8 Å². The summed E-state index contributed by atoms with van der Waals surface area (Å²) in [5, 5.41) is 0. The molecule has 3 atom stereocenters. The molecule has 0 aliphatic carbocycles.